The van der Waals surface area contributed by atoms with E-state index in [2.05, 4.69) is 0 Å². The summed E-state index contributed by atoms with van der Waals surface area (Å²) in [7, 11) is 1.58. The van der Waals surface area contributed by atoms with E-state index in [0.29, 0.717) is 37.4 Å². The summed E-state index contributed by atoms with van der Waals surface area (Å²) in [5.74, 6) is 1.21. The number of methoxy groups -OCH3 is 1. The van der Waals surface area contributed by atoms with Gasteiger partial charge >= 0.3 is 0 Å². The Morgan fingerprint density at radius 3 is 2.40 bits per heavy atom. The van der Waals surface area contributed by atoms with Crippen LogP contribution in [-0.4, -0.2) is 43.4 Å². The third kappa shape index (κ3) is 5.29. The average Bonchev–Trinajstić information content (AvgIpc) is 2.78. The maximum absolute atomic E-state index is 12.7. The molecule has 2 aromatic carbocycles. The zero-order valence-corrected chi connectivity index (χ0v) is 17.9. The second kappa shape index (κ2) is 10.1. The molecular weight excluding hydrogens is 378 g/mol. The van der Waals surface area contributed by atoms with Gasteiger partial charge in [-0.2, -0.15) is 0 Å². The van der Waals surface area contributed by atoms with E-state index in [4.69, 9.17) is 9.47 Å². The van der Waals surface area contributed by atoms with Gasteiger partial charge in [0.05, 0.1) is 7.11 Å². The zero-order chi connectivity index (χ0) is 21.5. The Bertz CT molecular complexity index is 909. The summed E-state index contributed by atoms with van der Waals surface area (Å²) >= 11 is 0. The molecule has 0 bridgehead atoms. The minimum Gasteiger partial charge on any atom is -0.493 e. The summed E-state index contributed by atoms with van der Waals surface area (Å²) in [6.45, 7) is 5.05. The van der Waals surface area contributed by atoms with E-state index in [1.54, 1.807) is 12.0 Å². The van der Waals surface area contributed by atoms with Gasteiger partial charge in [-0.3, -0.25) is 9.59 Å². The standard InChI is InChI=1S/C25H29NO4/c1-4-5-19-8-11-22(23(16-19)29-3)30-17-24(27)26-14-12-21(13-15-26)25(28)20-9-6-18(2)7-10-20/h4-11,16,21H,12-15,17H2,1-3H3/b5-4+. The molecule has 0 radical (unpaired) electrons. The maximum atomic E-state index is 12.7. The van der Waals surface area contributed by atoms with Crippen LogP contribution in [0.4, 0.5) is 0 Å². The van der Waals surface area contributed by atoms with Gasteiger partial charge in [-0.15, -0.1) is 0 Å². The highest BCUT2D eigenvalue weighted by Gasteiger charge is 2.28. The summed E-state index contributed by atoms with van der Waals surface area (Å²) in [4.78, 5) is 27.1. The van der Waals surface area contributed by atoms with E-state index in [-0.39, 0.29) is 24.2 Å². The Morgan fingerprint density at radius 2 is 1.77 bits per heavy atom. The molecule has 1 amide bonds. The molecule has 5 heteroatoms. The first-order valence-electron chi connectivity index (χ1n) is 10.3. The Kier molecular flexibility index (Phi) is 7.28. The van der Waals surface area contributed by atoms with Gasteiger partial charge < -0.3 is 14.4 Å². The summed E-state index contributed by atoms with van der Waals surface area (Å²) < 4.78 is 11.1. The van der Waals surface area contributed by atoms with E-state index in [1.165, 1.54) is 0 Å². The van der Waals surface area contributed by atoms with Gasteiger partial charge in [0.2, 0.25) is 0 Å². The van der Waals surface area contributed by atoms with Crippen LogP contribution in [0.1, 0.15) is 41.3 Å². The van der Waals surface area contributed by atoms with Gasteiger partial charge in [0.15, 0.2) is 23.9 Å². The van der Waals surface area contributed by atoms with Gasteiger partial charge in [-0.05, 0) is 44.4 Å². The normalized spacial score (nSPS) is 14.7. The van der Waals surface area contributed by atoms with Crippen molar-refractivity contribution < 1.29 is 19.1 Å². The lowest BCUT2D eigenvalue weighted by molar-refractivity contribution is -0.134. The van der Waals surface area contributed by atoms with E-state index in [9.17, 15) is 9.59 Å². The molecule has 1 saturated heterocycles. The van der Waals surface area contributed by atoms with E-state index in [0.717, 1.165) is 16.7 Å². The quantitative estimate of drug-likeness (QED) is 0.633. The molecule has 0 unspecified atom stereocenters. The molecule has 3 rings (SSSR count). The number of likely N-dealkylation sites (tertiary alicyclic amines) is 1. The first kappa shape index (κ1) is 21.6. The number of allylic oxidation sites excluding steroid dienone is 1. The van der Waals surface area contributed by atoms with Gasteiger partial charge in [0.25, 0.3) is 5.91 Å². The molecule has 1 heterocycles. The number of hydrogen-bond acceptors (Lipinski definition) is 4. The Labute approximate surface area is 178 Å². The van der Waals surface area contributed by atoms with Crippen molar-refractivity contribution in [2.75, 3.05) is 26.8 Å². The van der Waals surface area contributed by atoms with Crippen LogP contribution in [-0.2, 0) is 4.79 Å². The first-order chi connectivity index (χ1) is 14.5. The van der Waals surface area contributed by atoms with Crippen molar-refractivity contribution in [1.82, 2.24) is 4.90 Å². The number of carbonyl (C=O) groups is 2. The highest BCUT2D eigenvalue weighted by molar-refractivity contribution is 5.98. The predicted molar refractivity (Wildman–Crippen MR) is 118 cm³/mol. The van der Waals surface area contributed by atoms with E-state index >= 15 is 0 Å². The highest BCUT2D eigenvalue weighted by Crippen LogP contribution is 2.29. The monoisotopic (exact) mass is 407 g/mol. The number of rotatable bonds is 7. The third-order valence-corrected chi connectivity index (χ3v) is 5.45. The SMILES string of the molecule is C/C=C/c1ccc(OCC(=O)N2CCC(C(=O)c3ccc(C)cc3)CC2)c(OC)c1. The topological polar surface area (TPSA) is 55.8 Å². The number of ether oxygens (including phenoxy) is 2. The molecule has 1 aliphatic heterocycles. The molecule has 0 aromatic heterocycles. The minimum absolute atomic E-state index is 0.0306. The van der Waals surface area contributed by atoms with E-state index in [1.807, 2.05) is 68.5 Å². The fourth-order valence-corrected chi connectivity index (χ4v) is 3.67. The van der Waals surface area contributed by atoms with Crippen molar-refractivity contribution >= 4 is 17.8 Å². The van der Waals surface area contributed by atoms with Crippen molar-refractivity contribution in [2.45, 2.75) is 26.7 Å². The first-order valence-corrected chi connectivity index (χ1v) is 10.3. The van der Waals surface area contributed by atoms with Crippen LogP contribution in [0.3, 0.4) is 0 Å². The number of ketones is 1. The smallest absolute Gasteiger partial charge is 0.260 e. The molecule has 5 nitrogen and oxygen atoms in total. The Hall–Kier alpha value is -3.08. The molecule has 0 atom stereocenters. The number of benzene rings is 2. The predicted octanol–water partition coefficient (Wildman–Crippen LogP) is 4.54. The van der Waals surface area contributed by atoms with Crippen LogP contribution in [0, 0.1) is 12.8 Å². The fraction of sp³-hybridized carbons (Fsp3) is 0.360. The van der Waals surface area contributed by atoms with E-state index < -0.39 is 0 Å². The van der Waals surface area contributed by atoms with Crippen LogP contribution < -0.4 is 9.47 Å². The van der Waals surface area contributed by atoms with Crippen LogP contribution in [0.5, 0.6) is 11.5 Å². The number of amides is 1. The van der Waals surface area contributed by atoms with Gasteiger partial charge in [0, 0.05) is 24.6 Å². The molecule has 158 valence electrons. The summed E-state index contributed by atoms with van der Waals surface area (Å²) in [6.07, 6.45) is 5.28. The summed E-state index contributed by atoms with van der Waals surface area (Å²) in [6, 6.07) is 13.3. The number of hydrogen-bond donors (Lipinski definition) is 0. The van der Waals surface area contributed by atoms with Crippen molar-refractivity contribution in [3.63, 3.8) is 0 Å². The summed E-state index contributed by atoms with van der Waals surface area (Å²) in [5.41, 5.74) is 2.90. The van der Waals surface area contributed by atoms with Crippen LogP contribution in [0.2, 0.25) is 0 Å². The zero-order valence-electron chi connectivity index (χ0n) is 17.9. The van der Waals surface area contributed by atoms with Crippen molar-refractivity contribution in [1.29, 1.82) is 0 Å². The molecule has 30 heavy (non-hydrogen) atoms. The Balaban J connectivity index is 1.52. The maximum Gasteiger partial charge on any atom is 0.260 e. The molecule has 1 fully saturated rings. The molecule has 0 saturated carbocycles. The number of carbonyl (C=O) groups excluding carboxylic acids is 2. The van der Waals surface area contributed by atoms with Crippen molar-refractivity contribution in [3.8, 4) is 11.5 Å². The largest absolute Gasteiger partial charge is 0.493 e. The van der Waals surface area contributed by atoms with Gasteiger partial charge in [-0.1, -0.05) is 48.0 Å². The lowest BCUT2D eigenvalue weighted by Crippen LogP contribution is -2.42. The minimum atomic E-state index is -0.0733. The molecule has 1 aliphatic rings. The van der Waals surface area contributed by atoms with Crippen molar-refractivity contribution in [3.05, 3.63) is 65.2 Å². The third-order valence-electron chi connectivity index (χ3n) is 5.45. The van der Waals surface area contributed by atoms with Gasteiger partial charge in [0.1, 0.15) is 0 Å². The van der Waals surface area contributed by atoms with Gasteiger partial charge in [-0.25, -0.2) is 0 Å². The summed E-state index contributed by atoms with van der Waals surface area (Å²) in [5, 5.41) is 0. The van der Waals surface area contributed by atoms with Crippen LogP contribution in [0.25, 0.3) is 6.08 Å². The van der Waals surface area contributed by atoms with Crippen LogP contribution in [0.15, 0.2) is 48.5 Å². The van der Waals surface area contributed by atoms with Crippen LogP contribution >= 0.6 is 0 Å². The molecule has 0 aliphatic carbocycles. The number of nitrogens with zero attached hydrogens (tertiary/aromatic N) is 1. The molecule has 0 spiro atoms. The molecular formula is C25H29NO4. The Morgan fingerprint density at radius 1 is 1.07 bits per heavy atom. The number of piperidine rings is 1. The number of aryl methyl sites for hydroxylation is 1. The molecule has 2 aromatic rings. The number of Topliss-reactive ketones (excluding diaryl/α,β-unsaturated/α-hetero) is 1. The second-order valence-electron chi connectivity index (χ2n) is 7.58. The molecule has 0 N–H and O–H groups in total. The fourth-order valence-electron chi connectivity index (χ4n) is 3.67. The highest BCUT2D eigenvalue weighted by atomic mass is 16.5. The van der Waals surface area contributed by atoms with Crippen molar-refractivity contribution in [2.24, 2.45) is 5.92 Å². The average molecular weight is 408 g/mol. The second-order valence-corrected chi connectivity index (χ2v) is 7.58. The lowest BCUT2D eigenvalue weighted by Gasteiger charge is -2.31. The lowest BCUT2D eigenvalue weighted by atomic mass is 9.88.